The first kappa shape index (κ1) is 18.2. The molecule has 0 radical (unpaired) electrons. The molecule has 0 bridgehead atoms. The number of carbonyl (C=O) groups excluding carboxylic acids is 2. The van der Waals surface area contributed by atoms with Crippen molar-refractivity contribution in [2.45, 2.75) is 33.6 Å². The van der Waals surface area contributed by atoms with Crippen LogP contribution >= 0.6 is 0 Å². The van der Waals surface area contributed by atoms with E-state index in [1.54, 1.807) is 12.1 Å². The molecule has 2 amide bonds. The largest absolute Gasteiger partial charge is 0.494 e. The highest BCUT2D eigenvalue weighted by Crippen LogP contribution is 2.30. The van der Waals surface area contributed by atoms with Crippen molar-refractivity contribution in [3.63, 3.8) is 0 Å². The number of hydrogen-bond acceptors (Lipinski definition) is 4. The van der Waals surface area contributed by atoms with Gasteiger partial charge >= 0.3 is 7.12 Å². The van der Waals surface area contributed by atoms with E-state index >= 15 is 0 Å². The fourth-order valence-electron chi connectivity index (χ4n) is 3.77. The minimum atomic E-state index is -0.481. The molecule has 4 rings (SSSR count). The molecule has 140 valence electrons. The van der Waals surface area contributed by atoms with Gasteiger partial charge in [0, 0.05) is 41.7 Å². The van der Waals surface area contributed by atoms with Gasteiger partial charge in [0.05, 0.1) is 0 Å². The van der Waals surface area contributed by atoms with Crippen molar-refractivity contribution in [3.05, 3.63) is 41.5 Å². The lowest BCUT2D eigenvalue weighted by Gasteiger charge is -2.34. The van der Waals surface area contributed by atoms with Crippen LogP contribution in [0.25, 0.3) is 10.8 Å². The van der Waals surface area contributed by atoms with Crippen LogP contribution in [-0.2, 0) is 9.31 Å². The maximum atomic E-state index is 12.9. The number of nitrogens with zero attached hydrogens (tertiary/aromatic N) is 1. The van der Waals surface area contributed by atoms with Crippen molar-refractivity contribution in [2.75, 3.05) is 19.8 Å². The minimum absolute atomic E-state index is 0.0193. The number of imide groups is 1. The summed E-state index contributed by atoms with van der Waals surface area (Å²) in [6.45, 7) is 7.90. The van der Waals surface area contributed by atoms with Gasteiger partial charge in [-0.05, 0) is 29.4 Å². The summed E-state index contributed by atoms with van der Waals surface area (Å²) < 4.78 is 11.9. The Hall–Kier alpha value is -2.18. The monoisotopic (exact) mass is 365 g/mol. The van der Waals surface area contributed by atoms with E-state index in [4.69, 9.17) is 9.31 Å². The quantitative estimate of drug-likeness (QED) is 0.618. The Bertz CT molecular complexity index is 892. The molecule has 1 saturated heterocycles. The third kappa shape index (κ3) is 3.07. The Morgan fingerprint density at radius 3 is 2.37 bits per heavy atom. The summed E-state index contributed by atoms with van der Waals surface area (Å²) in [5, 5.41) is 1.57. The predicted molar refractivity (Wildman–Crippen MR) is 105 cm³/mol. The van der Waals surface area contributed by atoms with E-state index in [0.29, 0.717) is 30.9 Å². The number of unbranched alkanes of at least 4 members (excludes halogenated alkanes) is 1. The SMILES string of the molecule is CCCCN1C(=O)c2cccc3c(B4OCC(C)(C)CO4)ccc(c23)C1=O. The Labute approximate surface area is 159 Å². The van der Waals surface area contributed by atoms with Crippen LogP contribution in [0, 0.1) is 5.41 Å². The molecule has 2 aliphatic heterocycles. The highest BCUT2D eigenvalue weighted by Gasteiger charge is 2.37. The Morgan fingerprint density at radius 2 is 1.70 bits per heavy atom. The van der Waals surface area contributed by atoms with Gasteiger partial charge in [0.25, 0.3) is 11.8 Å². The van der Waals surface area contributed by atoms with Gasteiger partial charge in [-0.1, -0.05) is 45.4 Å². The average molecular weight is 365 g/mol. The summed E-state index contributed by atoms with van der Waals surface area (Å²) in [7, 11) is -0.481. The lowest BCUT2D eigenvalue weighted by Crippen LogP contribution is -2.48. The number of benzene rings is 2. The average Bonchev–Trinajstić information content (AvgIpc) is 2.66. The van der Waals surface area contributed by atoms with E-state index in [0.717, 1.165) is 29.1 Å². The van der Waals surface area contributed by atoms with Crippen molar-refractivity contribution in [1.82, 2.24) is 4.90 Å². The first-order chi connectivity index (χ1) is 12.9. The molecule has 0 N–H and O–H groups in total. The van der Waals surface area contributed by atoms with Crippen molar-refractivity contribution in [2.24, 2.45) is 5.41 Å². The summed E-state index contributed by atoms with van der Waals surface area (Å²) in [6, 6.07) is 9.31. The number of rotatable bonds is 4. The molecule has 0 unspecified atom stereocenters. The lowest BCUT2D eigenvalue weighted by molar-refractivity contribution is 0.0344. The van der Waals surface area contributed by atoms with Gasteiger partial charge < -0.3 is 9.31 Å². The second kappa shape index (κ2) is 6.77. The molecule has 1 fully saturated rings. The zero-order valence-electron chi connectivity index (χ0n) is 16.1. The molecule has 2 heterocycles. The molecule has 2 aliphatic rings. The summed E-state index contributed by atoms with van der Waals surface area (Å²) in [5.41, 5.74) is 2.01. The second-order valence-electron chi connectivity index (χ2n) is 8.16. The minimum Gasteiger partial charge on any atom is -0.407 e. The fourth-order valence-corrected chi connectivity index (χ4v) is 3.77. The molecule has 0 saturated carbocycles. The lowest BCUT2D eigenvalue weighted by atomic mass is 9.72. The molecule has 5 nitrogen and oxygen atoms in total. The summed E-state index contributed by atoms with van der Waals surface area (Å²) in [6.07, 6.45) is 1.74. The highest BCUT2D eigenvalue weighted by atomic mass is 16.6. The van der Waals surface area contributed by atoms with Gasteiger partial charge in [-0.2, -0.15) is 0 Å². The Morgan fingerprint density at radius 1 is 1.04 bits per heavy atom. The number of amides is 2. The molecule has 6 heteroatoms. The van der Waals surface area contributed by atoms with Crippen molar-refractivity contribution in [1.29, 1.82) is 0 Å². The van der Waals surface area contributed by atoms with Gasteiger partial charge in [0.1, 0.15) is 0 Å². The number of hydrogen-bond donors (Lipinski definition) is 0. The maximum Gasteiger partial charge on any atom is 0.494 e. The van der Waals surface area contributed by atoms with Crippen LogP contribution in [0.2, 0.25) is 0 Å². The van der Waals surface area contributed by atoms with E-state index < -0.39 is 7.12 Å². The predicted octanol–water partition coefficient (Wildman–Crippen LogP) is 3.00. The highest BCUT2D eigenvalue weighted by molar-refractivity contribution is 6.65. The van der Waals surface area contributed by atoms with E-state index in [-0.39, 0.29) is 17.2 Å². The van der Waals surface area contributed by atoms with Crippen LogP contribution in [0.15, 0.2) is 30.3 Å². The van der Waals surface area contributed by atoms with Gasteiger partial charge in [-0.3, -0.25) is 14.5 Å². The zero-order chi connectivity index (χ0) is 19.2. The summed E-state index contributed by atoms with van der Waals surface area (Å²) in [4.78, 5) is 27.2. The summed E-state index contributed by atoms with van der Waals surface area (Å²) in [5.74, 6) is -0.425. The summed E-state index contributed by atoms with van der Waals surface area (Å²) >= 11 is 0. The van der Waals surface area contributed by atoms with Gasteiger partial charge in [0.15, 0.2) is 0 Å². The van der Waals surface area contributed by atoms with Crippen LogP contribution < -0.4 is 5.46 Å². The van der Waals surface area contributed by atoms with Crippen LogP contribution in [-0.4, -0.2) is 43.6 Å². The van der Waals surface area contributed by atoms with E-state index in [2.05, 4.69) is 13.8 Å². The molecule has 27 heavy (non-hydrogen) atoms. The molecule has 0 aromatic heterocycles. The molecular formula is C21H24BNO4. The van der Waals surface area contributed by atoms with Crippen LogP contribution in [0.3, 0.4) is 0 Å². The van der Waals surface area contributed by atoms with E-state index in [9.17, 15) is 9.59 Å². The third-order valence-electron chi connectivity index (χ3n) is 5.27. The van der Waals surface area contributed by atoms with Gasteiger partial charge in [-0.15, -0.1) is 0 Å². The molecular weight excluding hydrogens is 341 g/mol. The van der Waals surface area contributed by atoms with Crippen LogP contribution in [0.5, 0.6) is 0 Å². The molecule has 0 atom stereocenters. The first-order valence-electron chi connectivity index (χ1n) is 9.58. The normalized spacial score (nSPS) is 19.1. The molecule has 0 spiro atoms. The third-order valence-corrected chi connectivity index (χ3v) is 5.27. The van der Waals surface area contributed by atoms with E-state index in [1.165, 1.54) is 4.90 Å². The van der Waals surface area contributed by atoms with Crippen molar-refractivity contribution in [3.8, 4) is 0 Å². The molecule has 0 aliphatic carbocycles. The zero-order valence-corrected chi connectivity index (χ0v) is 16.1. The van der Waals surface area contributed by atoms with Gasteiger partial charge in [-0.25, -0.2) is 0 Å². The maximum absolute atomic E-state index is 12.9. The first-order valence-corrected chi connectivity index (χ1v) is 9.58. The Kier molecular flexibility index (Phi) is 4.56. The Balaban J connectivity index is 1.78. The van der Waals surface area contributed by atoms with Crippen molar-refractivity contribution >= 4 is 35.2 Å². The molecule has 2 aromatic rings. The van der Waals surface area contributed by atoms with Crippen LogP contribution in [0.4, 0.5) is 0 Å². The van der Waals surface area contributed by atoms with Crippen LogP contribution in [0.1, 0.15) is 54.3 Å². The topological polar surface area (TPSA) is 55.8 Å². The smallest absolute Gasteiger partial charge is 0.407 e. The van der Waals surface area contributed by atoms with E-state index in [1.807, 2.05) is 25.1 Å². The fraction of sp³-hybridized carbons (Fsp3) is 0.429. The van der Waals surface area contributed by atoms with Crippen molar-refractivity contribution < 1.29 is 18.9 Å². The standard InChI is InChI=1S/C21H24BNO4/c1-4-5-11-23-19(24)15-8-6-7-14-17(10-9-16(18(14)15)20(23)25)22-26-12-21(2,3)13-27-22/h6-10H,4-5,11-13H2,1-3H3. The number of carbonyl (C=O) groups is 2. The molecule has 2 aromatic carbocycles. The second-order valence-corrected chi connectivity index (χ2v) is 8.16. The van der Waals surface area contributed by atoms with Gasteiger partial charge in [0.2, 0.25) is 0 Å².